The van der Waals surface area contributed by atoms with Gasteiger partial charge >= 0.3 is 0 Å². The average molecular weight is 350 g/mol. The van der Waals surface area contributed by atoms with Crippen LogP contribution in [0.25, 0.3) is 16.6 Å². The molecule has 1 N–H and O–H groups in total. The third kappa shape index (κ3) is 3.73. The Morgan fingerprint density at radius 1 is 1.08 bits per heavy atom. The minimum Gasteiger partial charge on any atom is -0.307 e. The molecule has 0 fully saturated rings. The molecular weight excluding hydrogens is 336 g/mol. The van der Waals surface area contributed by atoms with Gasteiger partial charge in [-0.25, -0.2) is 29.6 Å². The number of hydrogen-bond acceptors (Lipinski definition) is 8. The lowest BCUT2D eigenvalue weighted by molar-refractivity contribution is 0.680. The standard InChI is InChI=1S/C16H14N8S/c1-4-19-15(20-5-1)16-23-13(9-25-16)8-17-6-12-2-3-14(21-7-12)24-11-18-10-22-24/h1-5,7,9-11,17H,6,8H2. The Balaban J connectivity index is 1.33. The number of nitrogens with zero attached hydrogens (tertiary/aromatic N) is 7. The first kappa shape index (κ1) is 15.5. The molecule has 0 aromatic carbocycles. The largest absolute Gasteiger partial charge is 0.307 e. The summed E-state index contributed by atoms with van der Waals surface area (Å²) in [5.41, 5.74) is 2.06. The number of aromatic nitrogens is 7. The van der Waals surface area contributed by atoms with Gasteiger partial charge in [0.05, 0.1) is 5.69 Å². The molecule has 8 nitrogen and oxygen atoms in total. The van der Waals surface area contributed by atoms with Crippen LogP contribution in [0.1, 0.15) is 11.3 Å². The molecule has 0 saturated heterocycles. The second-order valence-corrected chi connectivity index (χ2v) is 6.04. The fraction of sp³-hybridized carbons (Fsp3) is 0.125. The molecule has 0 aliphatic heterocycles. The maximum atomic E-state index is 4.56. The fourth-order valence-corrected chi connectivity index (χ4v) is 2.98. The van der Waals surface area contributed by atoms with Gasteiger partial charge in [0.15, 0.2) is 16.6 Å². The Morgan fingerprint density at radius 3 is 2.76 bits per heavy atom. The van der Waals surface area contributed by atoms with Crippen molar-refractivity contribution in [2.24, 2.45) is 0 Å². The van der Waals surface area contributed by atoms with Gasteiger partial charge in [-0.3, -0.25) is 0 Å². The van der Waals surface area contributed by atoms with Crippen LogP contribution in [0.4, 0.5) is 0 Å². The lowest BCUT2D eigenvalue weighted by Crippen LogP contribution is -2.13. The van der Waals surface area contributed by atoms with Gasteiger partial charge in [-0.2, -0.15) is 5.10 Å². The smallest absolute Gasteiger partial charge is 0.188 e. The summed E-state index contributed by atoms with van der Waals surface area (Å²) in [7, 11) is 0. The van der Waals surface area contributed by atoms with E-state index in [1.807, 2.05) is 23.7 Å². The van der Waals surface area contributed by atoms with Crippen molar-refractivity contribution < 1.29 is 0 Å². The monoisotopic (exact) mass is 350 g/mol. The number of thiazole rings is 1. The van der Waals surface area contributed by atoms with E-state index in [1.165, 1.54) is 6.33 Å². The SMILES string of the molecule is c1cnc(-c2nc(CNCc3ccc(-n4cncn4)nc3)cs2)nc1. The first-order chi connectivity index (χ1) is 12.4. The third-order valence-electron chi connectivity index (χ3n) is 3.41. The Morgan fingerprint density at radius 2 is 2.00 bits per heavy atom. The van der Waals surface area contributed by atoms with Gasteiger partial charge in [-0.15, -0.1) is 11.3 Å². The lowest BCUT2D eigenvalue weighted by Gasteiger charge is -2.04. The molecular formula is C16H14N8S. The highest BCUT2D eigenvalue weighted by molar-refractivity contribution is 7.13. The van der Waals surface area contributed by atoms with E-state index < -0.39 is 0 Å². The number of pyridine rings is 1. The second-order valence-electron chi connectivity index (χ2n) is 5.18. The molecule has 4 aromatic heterocycles. The summed E-state index contributed by atoms with van der Waals surface area (Å²) in [6.45, 7) is 1.38. The first-order valence-electron chi connectivity index (χ1n) is 7.61. The molecule has 0 bridgehead atoms. The van der Waals surface area contributed by atoms with Crippen molar-refractivity contribution in [2.75, 3.05) is 0 Å². The van der Waals surface area contributed by atoms with Crippen molar-refractivity contribution >= 4 is 11.3 Å². The van der Waals surface area contributed by atoms with Gasteiger partial charge in [0.25, 0.3) is 0 Å². The molecule has 25 heavy (non-hydrogen) atoms. The number of rotatable bonds is 6. The van der Waals surface area contributed by atoms with Crippen molar-refractivity contribution in [3.8, 4) is 16.6 Å². The molecule has 4 aromatic rings. The molecule has 124 valence electrons. The minimum atomic E-state index is 0.659. The highest BCUT2D eigenvalue weighted by Gasteiger charge is 2.06. The van der Waals surface area contributed by atoms with Crippen molar-refractivity contribution in [3.05, 3.63) is 66.1 Å². The topological polar surface area (TPSA) is 94.3 Å². The Labute approximate surface area is 147 Å². The van der Waals surface area contributed by atoms with Crippen molar-refractivity contribution in [2.45, 2.75) is 13.1 Å². The molecule has 0 aliphatic carbocycles. The molecule has 0 atom stereocenters. The van der Waals surface area contributed by atoms with E-state index in [0.29, 0.717) is 18.9 Å². The van der Waals surface area contributed by atoms with Gasteiger partial charge in [0, 0.05) is 37.1 Å². The van der Waals surface area contributed by atoms with E-state index in [1.54, 1.807) is 40.8 Å². The quantitative estimate of drug-likeness (QED) is 0.567. The van der Waals surface area contributed by atoms with E-state index in [4.69, 9.17) is 0 Å². The predicted octanol–water partition coefficient (Wildman–Crippen LogP) is 1.87. The maximum Gasteiger partial charge on any atom is 0.188 e. The van der Waals surface area contributed by atoms with Crippen LogP contribution in [0.5, 0.6) is 0 Å². The molecule has 4 rings (SSSR count). The Kier molecular flexibility index (Phi) is 4.49. The zero-order chi connectivity index (χ0) is 16.9. The van der Waals surface area contributed by atoms with Crippen molar-refractivity contribution in [3.63, 3.8) is 0 Å². The summed E-state index contributed by atoms with van der Waals surface area (Å²) in [6.07, 6.45) is 8.37. The Bertz CT molecular complexity index is 918. The van der Waals surface area contributed by atoms with E-state index >= 15 is 0 Å². The van der Waals surface area contributed by atoms with Crippen LogP contribution in [-0.4, -0.2) is 34.7 Å². The van der Waals surface area contributed by atoms with Crippen LogP contribution in [-0.2, 0) is 13.1 Å². The zero-order valence-corrected chi connectivity index (χ0v) is 14.0. The Hall–Kier alpha value is -3.04. The highest BCUT2D eigenvalue weighted by atomic mass is 32.1. The summed E-state index contributed by atoms with van der Waals surface area (Å²) in [5, 5.41) is 10.3. The van der Waals surface area contributed by atoms with E-state index in [0.717, 1.165) is 22.1 Å². The summed E-state index contributed by atoms with van der Waals surface area (Å²) in [6, 6.07) is 5.72. The summed E-state index contributed by atoms with van der Waals surface area (Å²) in [4.78, 5) is 21.3. The van der Waals surface area contributed by atoms with Gasteiger partial charge in [-0.1, -0.05) is 6.07 Å². The van der Waals surface area contributed by atoms with Gasteiger partial charge < -0.3 is 5.32 Å². The van der Waals surface area contributed by atoms with Crippen LogP contribution in [0, 0.1) is 0 Å². The van der Waals surface area contributed by atoms with Crippen LogP contribution in [0.2, 0.25) is 0 Å². The number of nitrogens with one attached hydrogen (secondary N) is 1. The molecule has 0 saturated carbocycles. The summed E-state index contributed by atoms with van der Waals surface area (Å²) >= 11 is 1.55. The number of hydrogen-bond donors (Lipinski definition) is 1. The van der Waals surface area contributed by atoms with E-state index in [2.05, 4.69) is 35.3 Å². The van der Waals surface area contributed by atoms with Crippen LogP contribution < -0.4 is 5.32 Å². The average Bonchev–Trinajstić information content (AvgIpc) is 3.35. The van der Waals surface area contributed by atoms with E-state index in [9.17, 15) is 0 Å². The fourth-order valence-electron chi connectivity index (χ4n) is 2.22. The molecule has 9 heteroatoms. The van der Waals surface area contributed by atoms with Gasteiger partial charge in [-0.05, 0) is 17.7 Å². The van der Waals surface area contributed by atoms with Crippen LogP contribution >= 0.6 is 11.3 Å². The minimum absolute atomic E-state index is 0.659. The summed E-state index contributed by atoms with van der Waals surface area (Å²) in [5.74, 6) is 1.40. The highest BCUT2D eigenvalue weighted by Crippen LogP contribution is 2.19. The third-order valence-corrected chi connectivity index (χ3v) is 4.29. The van der Waals surface area contributed by atoms with Crippen LogP contribution in [0.3, 0.4) is 0 Å². The van der Waals surface area contributed by atoms with Crippen LogP contribution in [0.15, 0.2) is 54.8 Å². The molecule has 0 unspecified atom stereocenters. The molecule has 0 amide bonds. The van der Waals surface area contributed by atoms with Crippen molar-refractivity contribution in [1.29, 1.82) is 0 Å². The molecule has 0 radical (unpaired) electrons. The lowest BCUT2D eigenvalue weighted by atomic mass is 10.3. The molecule has 0 spiro atoms. The predicted molar refractivity (Wildman–Crippen MR) is 92.8 cm³/mol. The first-order valence-corrected chi connectivity index (χ1v) is 8.49. The molecule has 0 aliphatic rings. The zero-order valence-electron chi connectivity index (χ0n) is 13.1. The van der Waals surface area contributed by atoms with Crippen molar-refractivity contribution in [1.82, 2.24) is 40.0 Å². The van der Waals surface area contributed by atoms with Gasteiger partial charge in [0.1, 0.15) is 12.7 Å². The van der Waals surface area contributed by atoms with Gasteiger partial charge in [0.2, 0.25) is 0 Å². The van der Waals surface area contributed by atoms with E-state index in [-0.39, 0.29) is 0 Å². The summed E-state index contributed by atoms with van der Waals surface area (Å²) < 4.78 is 1.62. The molecule has 4 heterocycles. The maximum absolute atomic E-state index is 4.56. The second kappa shape index (κ2) is 7.24. The normalized spacial score (nSPS) is 10.9.